The van der Waals surface area contributed by atoms with E-state index in [1.165, 1.54) is 54.5 Å². The molecule has 5 rings (SSSR count). The Balaban J connectivity index is 1.40. The molecule has 3 aromatic rings. The summed E-state index contributed by atoms with van der Waals surface area (Å²) < 4.78 is 27.3. The average molecular weight is 546 g/mol. The van der Waals surface area contributed by atoms with Gasteiger partial charge in [-0.3, -0.25) is 9.59 Å². The summed E-state index contributed by atoms with van der Waals surface area (Å²) in [7, 11) is -3.98. The standard InChI is InChI=1S/C31H35N3O4S/c1-2-25-13-8-9-19-33(25)20-10-18-32-30(35)24-16-17-29-27(21-24)34(22-23-11-4-3-5-12-23)31(36)26-14-6-7-15-28(26)39(29,37)38/h3-7,11-12,14-17,21,25H,2,8-10,13,18-20,22H2,1H3,(H,32,35)/t25-/m1/s1. The first-order valence-corrected chi connectivity index (χ1v) is 15.2. The van der Waals surface area contributed by atoms with Crippen LogP contribution in [0.3, 0.4) is 0 Å². The van der Waals surface area contributed by atoms with Crippen molar-refractivity contribution in [1.29, 1.82) is 0 Å². The summed E-state index contributed by atoms with van der Waals surface area (Å²) in [5.41, 5.74) is 1.52. The minimum atomic E-state index is -3.98. The van der Waals surface area contributed by atoms with E-state index >= 15 is 0 Å². The molecule has 1 N–H and O–H groups in total. The van der Waals surface area contributed by atoms with Gasteiger partial charge in [0.15, 0.2) is 0 Å². The molecule has 1 atom stereocenters. The summed E-state index contributed by atoms with van der Waals surface area (Å²) in [6.07, 6.45) is 5.74. The van der Waals surface area contributed by atoms with Gasteiger partial charge in [0.25, 0.3) is 11.8 Å². The zero-order valence-electron chi connectivity index (χ0n) is 22.3. The van der Waals surface area contributed by atoms with E-state index in [4.69, 9.17) is 0 Å². The van der Waals surface area contributed by atoms with Crippen LogP contribution >= 0.6 is 0 Å². The minimum Gasteiger partial charge on any atom is -0.352 e. The molecule has 7 nitrogen and oxygen atoms in total. The molecule has 0 saturated carbocycles. The lowest BCUT2D eigenvalue weighted by Gasteiger charge is -2.35. The Labute approximate surface area is 230 Å². The van der Waals surface area contributed by atoms with Crippen molar-refractivity contribution in [2.75, 3.05) is 24.5 Å². The van der Waals surface area contributed by atoms with Crippen molar-refractivity contribution in [2.24, 2.45) is 0 Å². The minimum absolute atomic E-state index is 0.0176. The number of amides is 2. The number of sulfone groups is 1. The van der Waals surface area contributed by atoms with Gasteiger partial charge < -0.3 is 15.1 Å². The number of hydrogen-bond donors (Lipinski definition) is 1. The fraction of sp³-hybridized carbons (Fsp3) is 0.355. The third kappa shape index (κ3) is 5.63. The van der Waals surface area contributed by atoms with Crippen molar-refractivity contribution in [3.63, 3.8) is 0 Å². The fourth-order valence-electron chi connectivity index (χ4n) is 5.67. The number of nitrogens with zero attached hydrogens (tertiary/aromatic N) is 2. The van der Waals surface area contributed by atoms with Crippen LogP contribution in [0.1, 0.15) is 65.3 Å². The van der Waals surface area contributed by atoms with E-state index in [0.29, 0.717) is 18.2 Å². The number of benzene rings is 3. The lowest BCUT2D eigenvalue weighted by atomic mass is 10.00. The molecule has 0 radical (unpaired) electrons. The van der Waals surface area contributed by atoms with E-state index in [0.717, 1.165) is 31.5 Å². The van der Waals surface area contributed by atoms with Gasteiger partial charge in [-0.15, -0.1) is 0 Å². The summed E-state index contributed by atoms with van der Waals surface area (Å²) >= 11 is 0. The Morgan fingerprint density at radius 3 is 2.54 bits per heavy atom. The monoisotopic (exact) mass is 545 g/mol. The highest BCUT2D eigenvalue weighted by Gasteiger charge is 2.36. The van der Waals surface area contributed by atoms with E-state index in [2.05, 4.69) is 17.1 Å². The van der Waals surface area contributed by atoms with E-state index in [9.17, 15) is 18.0 Å². The van der Waals surface area contributed by atoms with E-state index < -0.39 is 15.7 Å². The van der Waals surface area contributed by atoms with Crippen molar-refractivity contribution in [2.45, 2.75) is 61.4 Å². The normalized spacial score (nSPS) is 18.6. The van der Waals surface area contributed by atoms with Crippen molar-refractivity contribution in [3.05, 3.63) is 89.5 Å². The van der Waals surface area contributed by atoms with E-state index in [1.54, 1.807) is 12.1 Å². The van der Waals surface area contributed by atoms with Gasteiger partial charge in [-0.1, -0.05) is 55.8 Å². The number of nitrogens with one attached hydrogen (secondary N) is 1. The second-order valence-electron chi connectivity index (χ2n) is 10.3. The summed E-state index contributed by atoms with van der Waals surface area (Å²) in [6, 6.07) is 20.8. The molecule has 0 aromatic heterocycles. The van der Waals surface area contributed by atoms with Crippen LogP contribution in [-0.2, 0) is 16.4 Å². The molecule has 8 heteroatoms. The van der Waals surface area contributed by atoms with E-state index in [-0.39, 0.29) is 33.5 Å². The van der Waals surface area contributed by atoms with Gasteiger partial charge in [-0.2, -0.15) is 0 Å². The average Bonchev–Trinajstić information content (AvgIpc) is 3.03. The zero-order chi connectivity index (χ0) is 27.4. The molecule has 0 unspecified atom stereocenters. The molecule has 2 amide bonds. The summed E-state index contributed by atoms with van der Waals surface area (Å²) in [6.45, 7) is 4.99. The van der Waals surface area contributed by atoms with Crippen LogP contribution in [0.2, 0.25) is 0 Å². The number of hydrogen-bond acceptors (Lipinski definition) is 5. The Kier molecular flexibility index (Phi) is 8.14. The molecule has 0 bridgehead atoms. The summed E-state index contributed by atoms with van der Waals surface area (Å²) in [5.74, 6) is -0.698. The topological polar surface area (TPSA) is 86.8 Å². The number of piperidine rings is 1. The predicted molar refractivity (Wildman–Crippen MR) is 152 cm³/mol. The predicted octanol–water partition coefficient (Wildman–Crippen LogP) is 5.06. The third-order valence-electron chi connectivity index (χ3n) is 7.77. The maximum Gasteiger partial charge on any atom is 0.259 e. The number of fused-ring (bicyclic) bond motifs is 2. The first-order valence-electron chi connectivity index (χ1n) is 13.8. The molecule has 3 aromatic carbocycles. The van der Waals surface area contributed by atoms with Crippen LogP contribution in [0.4, 0.5) is 5.69 Å². The largest absolute Gasteiger partial charge is 0.352 e. The summed E-state index contributed by atoms with van der Waals surface area (Å²) in [4.78, 5) is 30.9. The highest BCUT2D eigenvalue weighted by atomic mass is 32.2. The van der Waals surface area contributed by atoms with Gasteiger partial charge in [0.05, 0.1) is 27.6 Å². The SMILES string of the molecule is CC[C@@H]1CCCCN1CCCNC(=O)c1ccc2c(c1)N(Cc1ccccc1)C(=O)c1ccccc1S2(=O)=O. The Bertz CT molecular complexity index is 1460. The number of anilines is 1. The van der Waals surface area contributed by atoms with Crippen LogP contribution in [0.25, 0.3) is 0 Å². The molecule has 1 saturated heterocycles. The number of carbonyl (C=O) groups is 2. The lowest BCUT2D eigenvalue weighted by molar-refractivity contribution is 0.0944. The van der Waals surface area contributed by atoms with E-state index in [1.807, 2.05) is 30.3 Å². The summed E-state index contributed by atoms with van der Waals surface area (Å²) in [5, 5.41) is 2.99. The molecule has 0 aliphatic carbocycles. The molecule has 204 valence electrons. The number of carbonyl (C=O) groups excluding carboxylic acids is 2. The fourth-order valence-corrected chi connectivity index (χ4v) is 7.30. The third-order valence-corrected chi connectivity index (χ3v) is 9.62. The Morgan fingerprint density at radius 1 is 0.974 bits per heavy atom. The van der Waals surface area contributed by atoms with Crippen LogP contribution in [0.15, 0.2) is 82.6 Å². The quantitative estimate of drug-likeness (QED) is 0.400. The highest BCUT2D eigenvalue weighted by molar-refractivity contribution is 7.91. The highest BCUT2D eigenvalue weighted by Crippen LogP contribution is 2.38. The van der Waals surface area contributed by atoms with Gasteiger partial charge in [0.1, 0.15) is 0 Å². The van der Waals surface area contributed by atoms with Crippen molar-refractivity contribution < 1.29 is 18.0 Å². The van der Waals surface area contributed by atoms with Crippen LogP contribution in [0, 0.1) is 0 Å². The van der Waals surface area contributed by atoms with Gasteiger partial charge in [-0.05, 0) is 68.1 Å². The van der Waals surface area contributed by atoms with Crippen molar-refractivity contribution in [1.82, 2.24) is 10.2 Å². The molecule has 39 heavy (non-hydrogen) atoms. The maximum absolute atomic E-state index is 13.7. The maximum atomic E-state index is 13.7. The zero-order valence-corrected chi connectivity index (χ0v) is 23.1. The Hall–Kier alpha value is -3.49. The molecule has 0 spiro atoms. The first-order chi connectivity index (χ1) is 18.9. The smallest absolute Gasteiger partial charge is 0.259 e. The molecular weight excluding hydrogens is 510 g/mol. The number of likely N-dealkylation sites (tertiary alicyclic amines) is 1. The molecule has 2 aliphatic rings. The molecule has 2 aliphatic heterocycles. The second-order valence-corrected chi connectivity index (χ2v) is 12.1. The van der Waals surface area contributed by atoms with Gasteiger partial charge >= 0.3 is 0 Å². The van der Waals surface area contributed by atoms with Crippen molar-refractivity contribution in [3.8, 4) is 0 Å². The lowest BCUT2D eigenvalue weighted by Crippen LogP contribution is -2.40. The molecule has 1 fully saturated rings. The second kappa shape index (κ2) is 11.7. The van der Waals surface area contributed by atoms with Gasteiger partial charge in [-0.25, -0.2) is 8.42 Å². The number of rotatable bonds is 8. The Morgan fingerprint density at radius 2 is 1.74 bits per heavy atom. The molecular formula is C31H35N3O4S. The van der Waals surface area contributed by atoms with Gasteiger partial charge in [0, 0.05) is 24.7 Å². The molecule has 2 heterocycles. The van der Waals surface area contributed by atoms with Gasteiger partial charge in [0.2, 0.25) is 9.84 Å². The van der Waals surface area contributed by atoms with Crippen LogP contribution in [0.5, 0.6) is 0 Å². The van der Waals surface area contributed by atoms with Crippen LogP contribution < -0.4 is 10.2 Å². The first kappa shape index (κ1) is 27.1. The van der Waals surface area contributed by atoms with Crippen LogP contribution in [-0.4, -0.2) is 50.8 Å². The van der Waals surface area contributed by atoms with Crippen molar-refractivity contribution >= 4 is 27.3 Å².